The maximum Gasteiger partial charge on any atom is 0.243 e. The van der Waals surface area contributed by atoms with Gasteiger partial charge in [0.1, 0.15) is 0 Å². The van der Waals surface area contributed by atoms with E-state index in [1.54, 1.807) is 6.08 Å². The van der Waals surface area contributed by atoms with E-state index in [4.69, 9.17) is 0 Å². The minimum atomic E-state index is -0.0213. The van der Waals surface area contributed by atoms with E-state index in [1.807, 2.05) is 30.4 Å². The smallest absolute Gasteiger partial charge is 0.243 e. The Kier molecular flexibility index (Phi) is 11.6. The van der Waals surface area contributed by atoms with Gasteiger partial charge in [0.2, 0.25) is 5.91 Å². The van der Waals surface area contributed by atoms with Gasteiger partial charge in [0.25, 0.3) is 0 Å². The van der Waals surface area contributed by atoms with Gasteiger partial charge in [-0.1, -0.05) is 86.7 Å². The Morgan fingerprint density at radius 1 is 0.960 bits per heavy atom. The molecule has 0 saturated carbocycles. The van der Waals surface area contributed by atoms with Gasteiger partial charge in [-0.2, -0.15) is 0 Å². The van der Waals surface area contributed by atoms with Crippen LogP contribution in [0.25, 0.3) is 6.08 Å². The molecule has 2 heteroatoms. The van der Waals surface area contributed by atoms with Crippen LogP contribution in [-0.2, 0) is 4.79 Å². The Morgan fingerprint density at radius 3 is 2.24 bits per heavy atom. The Bertz CT molecular complexity index is 579. The molecule has 0 aliphatic rings. The highest BCUT2D eigenvalue weighted by Gasteiger charge is 1.95. The number of hydrogen-bond donors (Lipinski definition) is 1. The van der Waals surface area contributed by atoms with Crippen LogP contribution < -0.4 is 5.32 Å². The van der Waals surface area contributed by atoms with E-state index in [9.17, 15) is 4.79 Å². The third-order valence-electron chi connectivity index (χ3n) is 3.51. The molecule has 0 spiro atoms. The second-order valence-corrected chi connectivity index (χ2v) is 6.41. The molecule has 1 amide bonds. The average Bonchev–Trinajstić information content (AvgIpc) is 2.61. The zero-order valence-corrected chi connectivity index (χ0v) is 15.5. The highest BCUT2D eigenvalue weighted by Crippen LogP contribution is 2.04. The van der Waals surface area contributed by atoms with Gasteiger partial charge in [-0.15, -0.1) is 0 Å². The summed E-state index contributed by atoms with van der Waals surface area (Å²) in [6, 6.07) is 10.3. The molecular weight excluding hydrogens is 306 g/mol. The van der Waals surface area contributed by atoms with Gasteiger partial charge in [-0.05, 0) is 37.2 Å². The molecule has 1 rings (SSSR count). The molecule has 25 heavy (non-hydrogen) atoms. The molecule has 0 atom stereocenters. The summed E-state index contributed by atoms with van der Waals surface area (Å²) in [7, 11) is 0. The predicted octanol–water partition coefficient (Wildman–Crippen LogP) is 5.70. The fraction of sp³-hybridized carbons (Fsp3) is 0.348. The normalized spacial score (nSPS) is 12.3. The first kappa shape index (κ1) is 20.7. The quantitative estimate of drug-likeness (QED) is 0.313. The SMILES string of the molecule is CC(C)CNC(=O)C=CC=CCCCCC=CC=Cc1ccccc1. The maximum absolute atomic E-state index is 11.5. The zero-order valence-electron chi connectivity index (χ0n) is 15.5. The number of allylic oxidation sites excluding steroid dienone is 6. The van der Waals surface area contributed by atoms with Gasteiger partial charge >= 0.3 is 0 Å². The van der Waals surface area contributed by atoms with Crippen LogP contribution in [0.5, 0.6) is 0 Å². The fourth-order valence-corrected chi connectivity index (χ4v) is 2.11. The molecule has 0 aromatic heterocycles. The van der Waals surface area contributed by atoms with Crippen LogP contribution in [0.2, 0.25) is 0 Å². The minimum Gasteiger partial charge on any atom is -0.352 e. The molecule has 0 unspecified atom stereocenters. The summed E-state index contributed by atoms with van der Waals surface area (Å²) in [5.41, 5.74) is 1.23. The average molecular weight is 338 g/mol. The van der Waals surface area contributed by atoms with Crippen molar-refractivity contribution in [3.8, 4) is 0 Å². The summed E-state index contributed by atoms with van der Waals surface area (Å²) >= 11 is 0. The third kappa shape index (κ3) is 12.7. The highest BCUT2D eigenvalue weighted by molar-refractivity contribution is 5.87. The molecular formula is C23H31NO. The Hall–Kier alpha value is -2.35. The number of nitrogens with one attached hydrogen (secondary N) is 1. The van der Waals surface area contributed by atoms with Crippen molar-refractivity contribution in [2.24, 2.45) is 5.92 Å². The van der Waals surface area contributed by atoms with Gasteiger partial charge in [0.15, 0.2) is 0 Å². The molecule has 1 aromatic carbocycles. The summed E-state index contributed by atoms with van der Waals surface area (Å²) in [6.45, 7) is 4.89. The number of hydrogen-bond acceptors (Lipinski definition) is 1. The Morgan fingerprint density at radius 2 is 1.60 bits per heavy atom. The molecule has 0 saturated heterocycles. The number of unbranched alkanes of at least 4 members (excludes halogenated alkanes) is 3. The van der Waals surface area contributed by atoms with E-state index in [0.717, 1.165) is 25.8 Å². The van der Waals surface area contributed by atoms with Crippen molar-refractivity contribution in [1.29, 1.82) is 0 Å². The van der Waals surface area contributed by atoms with Crippen molar-refractivity contribution in [2.75, 3.05) is 6.54 Å². The van der Waals surface area contributed by atoms with Crippen LogP contribution in [0.15, 0.2) is 72.9 Å². The third-order valence-corrected chi connectivity index (χ3v) is 3.51. The molecule has 0 aliphatic heterocycles. The van der Waals surface area contributed by atoms with Crippen LogP contribution in [-0.4, -0.2) is 12.5 Å². The van der Waals surface area contributed by atoms with Crippen molar-refractivity contribution in [2.45, 2.75) is 39.5 Å². The summed E-state index contributed by atoms with van der Waals surface area (Å²) in [6.07, 6.45) is 20.5. The Labute approximate surface area is 153 Å². The first-order valence-corrected chi connectivity index (χ1v) is 9.18. The first-order chi connectivity index (χ1) is 12.2. The minimum absolute atomic E-state index is 0.0213. The number of carbonyl (C=O) groups excluding carboxylic acids is 1. The molecule has 0 radical (unpaired) electrons. The molecule has 0 bridgehead atoms. The van der Waals surface area contributed by atoms with E-state index in [-0.39, 0.29) is 5.91 Å². The van der Waals surface area contributed by atoms with E-state index in [1.165, 1.54) is 12.0 Å². The lowest BCUT2D eigenvalue weighted by Crippen LogP contribution is -2.25. The Balaban J connectivity index is 2.03. The highest BCUT2D eigenvalue weighted by atomic mass is 16.1. The molecule has 0 aliphatic carbocycles. The van der Waals surface area contributed by atoms with Crippen molar-refractivity contribution in [3.05, 3.63) is 78.4 Å². The van der Waals surface area contributed by atoms with Crippen molar-refractivity contribution in [1.82, 2.24) is 5.32 Å². The van der Waals surface area contributed by atoms with Crippen LogP contribution in [0.4, 0.5) is 0 Å². The van der Waals surface area contributed by atoms with Gasteiger partial charge in [-0.25, -0.2) is 0 Å². The predicted molar refractivity (Wildman–Crippen MR) is 109 cm³/mol. The van der Waals surface area contributed by atoms with Gasteiger partial charge in [-0.3, -0.25) is 4.79 Å². The second kappa shape index (κ2) is 14.0. The summed E-state index contributed by atoms with van der Waals surface area (Å²) in [5.74, 6) is 0.461. The van der Waals surface area contributed by atoms with Crippen molar-refractivity contribution in [3.63, 3.8) is 0 Å². The van der Waals surface area contributed by atoms with E-state index < -0.39 is 0 Å². The van der Waals surface area contributed by atoms with Crippen LogP contribution >= 0.6 is 0 Å². The van der Waals surface area contributed by atoms with E-state index >= 15 is 0 Å². The molecule has 0 fully saturated rings. The van der Waals surface area contributed by atoms with Gasteiger partial charge in [0, 0.05) is 12.6 Å². The fourth-order valence-electron chi connectivity index (χ4n) is 2.11. The number of benzene rings is 1. The standard InChI is InChI=1S/C23H31NO/c1-21(2)20-24-23(25)19-15-10-8-6-4-3-5-7-9-12-16-22-17-13-11-14-18-22/h7-19,21H,3-6,20H2,1-2H3,(H,24,25). The van der Waals surface area contributed by atoms with Gasteiger partial charge < -0.3 is 5.32 Å². The maximum atomic E-state index is 11.5. The van der Waals surface area contributed by atoms with E-state index in [2.05, 4.69) is 61.7 Å². The zero-order chi connectivity index (χ0) is 18.2. The van der Waals surface area contributed by atoms with Crippen LogP contribution in [0, 0.1) is 5.92 Å². The first-order valence-electron chi connectivity index (χ1n) is 9.18. The topological polar surface area (TPSA) is 29.1 Å². The number of carbonyl (C=O) groups is 1. The lowest BCUT2D eigenvalue weighted by molar-refractivity contribution is -0.116. The monoisotopic (exact) mass is 337 g/mol. The summed E-state index contributed by atoms with van der Waals surface area (Å²) in [5, 5.41) is 2.86. The van der Waals surface area contributed by atoms with Crippen LogP contribution in [0.3, 0.4) is 0 Å². The molecule has 134 valence electrons. The number of amides is 1. The second-order valence-electron chi connectivity index (χ2n) is 6.41. The largest absolute Gasteiger partial charge is 0.352 e. The summed E-state index contributed by atoms with van der Waals surface area (Å²) in [4.78, 5) is 11.5. The summed E-state index contributed by atoms with van der Waals surface area (Å²) < 4.78 is 0. The molecule has 1 N–H and O–H groups in total. The van der Waals surface area contributed by atoms with Crippen molar-refractivity contribution >= 4 is 12.0 Å². The lowest BCUT2D eigenvalue weighted by Gasteiger charge is -2.03. The van der Waals surface area contributed by atoms with Crippen LogP contribution in [0.1, 0.15) is 45.1 Å². The molecule has 0 heterocycles. The van der Waals surface area contributed by atoms with Gasteiger partial charge in [0.05, 0.1) is 0 Å². The molecule has 1 aromatic rings. The number of rotatable bonds is 11. The molecule has 2 nitrogen and oxygen atoms in total. The van der Waals surface area contributed by atoms with E-state index in [0.29, 0.717) is 5.92 Å². The van der Waals surface area contributed by atoms with Crippen molar-refractivity contribution < 1.29 is 4.79 Å². The lowest BCUT2D eigenvalue weighted by atomic mass is 10.1.